The minimum Gasteiger partial charge on any atom is -0.309 e. The van der Waals surface area contributed by atoms with E-state index in [1.807, 2.05) is 22.7 Å². The van der Waals surface area contributed by atoms with Gasteiger partial charge in [0, 0.05) is 59.1 Å². The molecule has 1 aliphatic rings. The molecule has 0 fully saturated rings. The minimum absolute atomic E-state index is 0.236. The summed E-state index contributed by atoms with van der Waals surface area (Å²) in [6.07, 6.45) is 0. The second-order valence-corrected chi connectivity index (χ2v) is 27.2. The minimum atomic E-state index is -0.443. The molecule has 0 N–H and O–H groups in total. The molecule has 2 nitrogen and oxygen atoms in total. The van der Waals surface area contributed by atoms with Gasteiger partial charge in [-0.15, -0.1) is 22.7 Å². The number of hydrogen-bond acceptors (Lipinski definition) is 4. The largest absolute Gasteiger partial charge is 0.309 e. The zero-order chi connectivity index (χ0) is 57.3. The molecular formula is C81H62N2S2. The molecule has 2 aromatic heterocycles. The van der Waals surface area contributed by atoms with E-state index < -0.39 is 5.41 Å². The van der Waals surface area contributed by atoms with Crippen LogP contribution in [0.25, 0.3) is 106 Å². The number of hydrogen-bond donors (Lipinski definition) is 0. The van der Waals surface area contributed by atoms with Crippen molar-refractivity contribution < 1.29 is 0 Å². The van der Waals surface area contributed by atoms with Gasteiger partial charge in [-0.1, -0.05) is 224 Å². The Labute approximate surface area is 505 Å². The van der Waals surface area contributed by atoms with Crippen LogP contribution < -0.4 is 9.80 Å². The first-order valence-electron chi connectivity index (χ1n) is 29.7. The number of anilines is 6. The zero-order valence-electron chi connectivity index (χ0n) is 48.6. The zero-order valence-corrected chi connectivity index (χ0v) is 50.2. The maximum Gasteiger partial charge on any atom is 0.0640 e. The molecule has 0 saturated heterocycles. The van der Waals surface area contributed by atoms with E-state index in [0.29, 0.717) is 0 Å². The maximum absolute atomic E-state index is 2.63. The quantitative estimate of drug-likeness (QED) is 0.140. The molecule has 2 heterocycles. The molecule has 1 aliphatic carbocycles. The third-order valence-electron chi connectivity index (χ3n) is 18.5. The van der Waals surface area contributed by atoms with Crippen molar-refractivity contribution in [2.75, 3.05) is 9.80 Å². The van der Waals surface area contributed by atoms with Gasteiger partial charge < -0.3 is 9.80 Å². The molecule has 0 atom stereocenters. The number of benzene rings is 13. The molecule has 4 heteroatoms. The van der Waals surface area contributed by atoms with Crippen molar-refractivity contribution in [2.24, 2.45) is 10.8 Å². The van der Waals surface area contributed by atoms with Crippen LogP contribution >= 0.6 is 22.7 Å². The molecule has 0 spiro atoms. The van der Waals surface area contributed by atoms with Crippen molar-refractivity contribution in [3.05, 3.63) is 278 Å². The molecule has 0 amide bonds. The Bertz CT molecular complexity index is 5150. The maximum atomic E-state index is 2.63. The van der Waals surface area contributed by atoms with E-state index in [9.17, 15) is 0 Å². The number of nitrogens with zero attached hydrogens (tertiary/aromatic N) is 2. The van der Waals surface area contributed by atoms with Crippen molar-refractivity contribution in [3.63, 3.8) is 0 Å². The van der Waals surface area contributed by atoms with Gasteiger partial charge in [-0.3, -0.25) is 0 Å². The van der Waals surface area contributed by atoms with Crippen LogP contribution in [0.1, 0.15) is 52.7 Å². The van der Waals surface area contributed by atoms with Gasteiger partial charge in [-0.2, -0.15) is 0 Å². The fraction of sp³-hybridized carbons (Fsp3) is 0.111. The lowest BCUT2D eigenvalue weighted by atomic mass is 9.49. The third-order valence-corrected chi connectivity index (χ3v) is 20.9. The average molecular weight is 1130 g/mol. The Morgan fingerprint density at radius 1 is 0.294 bits per heavy atom. The molecule has 0 unspecified atom stereocenters. The van der Waals surface area contributed by atoms with Gasteiger partial charge in [0.25, 0.3) is 0 Å². The van der Waals surface area contributed by atoms with Crippen LogP contribution in [0.4, 0.5) is 34.1 Å². The highest BCUT2D eigenvalue weighted by Gasteiger charge is 2.59. The number of rotatable bonds is 8. The number of thiophene rings is 2. The topological polar surface area (TPSA) is 6.48 Å². The lowest BCUT2D eigenvalue weighted by Crippen LogP contribution is -2.50. The molecule has 0 bridgehead atoms. The smallest absolute Gasteiger partial charge is 0.0640 e. The van der Waals surface area contributed by atoms with Crippen LogP contribution in [0.2, 0.25) is 0 Å². The van der Waals surface area contributed by atoms with Gasteiger partial charge in [0.15, 0.2) is 0 Å². The van der Waals surface area contributed by atoms with Crippen molar-refractivity contribution in [2.45, 2.75) is 47.0 Å². The first-order chi connectivity index (χ1) is 41.5. The van der Waals surface area contributed by atoms with E-state index in [0.717, 1.165) is 22.7 Å². The van der Waals surface area contributed by atoms with Gasteiger partial charge in [-0.25, -0.2) is 0 Å². The highest BCUT2D eigenvalue weighted by Crippen LogP contribution is 2.69. The second kappa shape index (κ2) is 19.4. The van der Waals surface area contributed by atoms with Crippen molar-refractivity contribution in [1.82, 2.24) is 0 Å². The summed E-state index contributed by atoms with van der Waals surface area (Å²) in [5, 5.41) is 12.9. The fourth-order valence-corrected chi connectivity index (χ4v) is 17.9. The Morgan fingerprint density at radius 2 is 0.718 bits per heavy atom. The summed E-state index contributed by atoms with van der Waals surface area (Å²) in [6.45, 7) is 15.0. The molecular weight excluding hydrogens is 1070 g/mol. The summed E-state index contributed by atoms with van der Waals surface area (Å²) >= 11 is 3.75. The summed E-state index contributed by atoms with van der Waals surface area (Å²) in [7, 11) is 0. The van der Waals surface area contributed by atoms with E-state index in [-0.39, 0.29) is 10.8 Å². The van der Waals surface area contributed by atoms with Gasteiger partial charge in [0.2, 0.25) is 0 Å². The molecule has 0 saturated carbocycles. The summed E-state index contributed by atoms with van der Waals surface area (Å²) in [5.41, 5.74) is 16.3. The van der Waals surface area contributed by atoms with E-state index in [1.54, 1.807) is 0 Å². The highest BCUT2D eigenvalue weighted by molar-refractivity contribution is 7.26. The molecule has 0 radical (unpaired) electrons. The van der Waals surface area contributed by atoms with Crippen LogP contribution in [0.15, 0.2) is 267 Å². The van der Waals surface area contributed by atoms with E-state index in [2.05, 4.69) is 318 Å². The molecule has 408 valence electrons. The van der Waals surface area contributed by atoms with Crippen molar-refractivity contribution in [1.29, 1.82) is 0 Å². The van der Waals surface area contributed by atoms with E-state index >= 15 is 0 Å². The van der Waals surface area contributed by atoms with Crippen LogP contribution in [-0.2, 0) is 5.41 Å². The first-order valence-corrected chi connectivity index (χ1v) is 31.4. The van der Waals surface area contributed by atoms with Gasteiger partial charge in [0.05, 0.1) is 20.8 Å². The summed E-state index contributed by atoms with van der Waals surface area (Å²) in [6, 6.07) is 100. The normalized spacial score (nSPS) is 13.2. The lowest BCUT2D eigenvalue weighted by Gasteiger charge is -2.53. The monoisotopic (exact) mass is 1130 g/mol. The standard InChI is InChI=1S/C81H62N2S2/c1-79(2,3)81(80(4,5)6)69-50-67(53-26-22-32-57(48-53)83(55-29-11-8-12-30-55)71-42-24-40-66-61-36-18-20-44-73(61)85-78(66)71)58-33-13-15-37-62(58)74(69)75-63-38-16-14-34-59(63)68-49-52(45-46-64(68)76(75)81)51-25-21-31-56(47-51)82(54-27-9-7-10-28-54)70-41-23-39-65-60-35-17-19-43-72(60)84-77(65)70/h7-50H,1-6H3. The average Bonchev–Trinajstić information content (AvgIpc) is 1.53. The summed E-state index contributed by atoms with van der Waals surface area (Å²) in [5.74, 6) is 0. The number of para-hydroxylation sites is 2. The molecule has 15 aromatic rings. The SMILES string of the molecule is CC(C)(C)C1(C(C)(C)C)c2cc(-c3cccc(N(c4ccccc4)c4cccc5c4sc4ccccc45)c3)c3ccccc3c2-c2c1c1ccc(-c3cccc(N(c4ccccc4)c4cccc5c4sc4ccccc45)c3)cc1c1ccccc21. The van der Waals surface area contributed by atoms with E-state index in [1.165, 1.54) is 129 Å². The lowest BCUT2D eigenvalue weighted by molar-refractivity contribution is 0.0965. The van der Waals surface area contributed by atoms with Crippen LogP contribution in [-0.4, -0.2) is 0 Å². The first kappa shape index (κ1) is 51.3. The summed E-state index contributed by atoms with van der Waals surface area (Å²) in [4.78, 5) is 4.92. The second-order valence-electron chi connectivity index (χ2n) is 25.1. The Morgan fingerprint density at radius 3 is 1.27 bits per heavy atom. The predicted octanol–water partition coefficient (Wildman–Crippen LogP) is 24.5. The van der Waals surface area contributed by atoms with Crippen molar-refractivity contribution in [3.8, 4) is 33.4 Å². The Hall–Kier alpha value is -9.32. The van der Waals surface area contributed by atoms with Crippen LogP contribution in [0, 0.1) is 10.8 Å². The predicted molar refractivity (Wildman–Crippen MR) is 370 cm³/mol. The van der Waals surface area contributed by atoms with Gasteiger partial charge in [0.1, 0.15) is 0 Å². The van der Waals surface area contributed by atoms with Crippen LogP contribution in [0.3, 0.4) is 0 Å². The van der Waals surface area contributed by atoms with E-state index in [4.69, 9.17) is 0 Å². The molecule has 85 heavy (non-hydrogen) atoms. The van der Waals surface area contributed by atoms with Gasteiger partial charge in [-0.05, 0) is 173 Å². The van der Waals surface area contributed by atoms with Gasteiger partial charge >= 0.3 is 0 Å². The Balaban J connectivity index is 0.898. The number of fused-ring (bicyclic) bond motifs is 16. The highest BCUT2D eigenvalue weighted by atomic mass is 32.1. The molecule has 0 aliphatic heterocycles. The molecule has 13 aromatic carbocycles. The van der Waals surface area contributed by atoms with Crippen LogP contribution in [0.5, 0.6) is 0 Å². The summed E-state index contributed by atoms with van der Waals surface area (Å²) < 4.78 is 5.17. The fourth-order valence-electron chi connectivity index (χ4n) is 15.5. The Kier molecular flexibility index (Phi) is 11.7. The third kappa shape index (κ3) is 7.75. The molecule has 16 rings (SSSR count). The van der Waals surface area contributed by atoms with Crippen molar-refractivity contribution >= 4 is 129 Å².